The first kappa shape index (κ1) is 24.1. The van der Waals surface area contributed by atoms with Crippen LogP contribution in [0.2, 0.25) is 0 Å². The van der Waals surface area contributed by atoms with E-state index in [9.17, 15) is 21.6 Å². The van der Waals surface area contributed by atoms with Gasteiger partial charge in [-0.2, -0.15) is 3.71 Å². The number of rotatable bonds is 5. The molecule has 0 aliphatic carbocycles. The van der Waals surface area contributed by atoms with Gasteiger partial charge < -0.3 is 9.64 Å². The summed E-state index contributed by atoms with van der Waals surface area (Å²) in [7, 11) is -7.60. The van der Waals surface area contributed by atoms with E-state index >= 15 is 0 Å². The molecule has 2 aliphatic heterocycles. The third-order valence-electron chi connectivity index (χ3n) is 6.49. The number of nitrogens with zero attached hydrogens (tertiary/aromatic N) is 2. The highest BCUT2D eigenvalue weighted by molar-refractivity contribution is 8.04. The summed E-state index contributed by atoms with van der Waals surface area (Å²) in [5.41, 5.74) is 1.09. The zero-order valence-corrected chi connectivity index (χ0v) is 21.5. The van der Waals surface area contributed by atoms with Crippen LogP contribution >= 0.6 is 0 Å². The summed E-state index contributed by atoms with van der Waals surface area (Å²) in [4.78, 5) is 14.4. The van der Waals surface area contributed by atoms with E-state index < -0.39 is 31.6 Å². The van der Waals surface area contributed by atoms with Crippen LogP contribution in [0.1, 0.15) is 23.1 Å². The molecule has 0 N–H and O–H groups in total. The summed E-state index contributed by atoms with van der Waals surface area (Å²) in [6.07, 6.45) is 0.800. The molecule has 8 nitrogen and oxygen atoms in total. The minimum absolute atomic E-state index is 0.158. The van der Waals surface area contributed by atoms with Gasteiger partial charge in [-0.05, 0) is 44.2 Å². The summed E-state index contributed by atoms with van der Waals surface area (Å²) in [5.74, 6) is -0.407. The fourth-order valence-electron chi connectivity index (χ4n) is 4.55. The number of hydrogen-bond donors (Lipinski definition) is 0. The maximum Gasteiger partial charge on any atom is 0.277 e. The number of para-hydroxylation sites is 1. The van der Waals surface area contributed by atoms with E-state index in [4.69, 9.17) is 4.74 Å². The van der Waals surface area contributed by atoms with Crippen LogP contribution in [-0.2, 0) is 35.2 Å². The number of hydrogen-bond acceptors (Lipinski definition) is 6. The molecule has 0 saturated carbocycles. The van der Waals surface area contributed by atoms with Crippen molar-refractivity contribution in [1.29, 1.82) is 0 Å². The van der Waals surface area contributed by atoms with Gasteiger partial charge in [-0.1, -0.05) is 53.6 Å². The monoisotopic (exact) mass is 524 g/mol. The molecule has 3 aromatic carbocycles. The normalized spacial score (nSPS) is 19.2. The number of sulfonamides is 2. The van der Waals surface area contributed by atoms with Crippen molar-refractivity contribution in [1.82, 2.24) is 3.71 Å². The molecule has 1 spiro atoms. The van der Waals surface area contributed by atoms with Crippen molar-refractivity contribution in [2.24, 2.45) is 0 Å². The number of ether oxygens (including phenoxy) is 1. The standard InChI is InChI=1S/C26H24N2O6S2/c1-18-8-12-21(13-9-18)35(30,31)28(36(32,33)22-14-10-19(2)11-15-22)20-16-26(34-17-20)23-6-4-5-7-24(23)27(3)25(26)29/h4-15,17H,16H2,1-3H3. The van der Waals surface area contributed by atoms with Gasteiger partial charge in [-0.25, -0.2) is 16.8 Å². The van der Waals surface area contributed by atoms with Crippen molar-refractivity contribution in [2.45, 2.75) is 35.7 Å². The first-order chi connectivity index (χ1) is 17.0. The molecule has 10 heteroatoms. The van der Waals surface area contributed by atoms with E-state index in [1.807, 2.05) is 0 Å². The van der Waals surface area contributed by atoms with Crippen LogP contribution in [0, 0.1) is 13.8 Å². The van der Waals surface area contributed by atoms with Gasteiger partial charge in [-0.3, -0.25) is 4.79 Å². The molecule has 1 amide bonds. The second-order valence-electron chi connectivity index (χ2n) is 8.95. The van der Waals surface area contributed by atoms with Crippen molar-refractivity contribution < 1.29 is 26.4 Å². The number of amides is 1. The van der Waals surface area contributed by atoms with Gasteiger partial charge in [0.15, 0.2) is 0 Å². The van der Waals surface area contributed by atoms with Crippen LogP contribution in [0.15, 0.2) is 94.5 Å². The smallest absolute Gasteiger partial charge is 0.277 e. The Labute approximate surface area is 210 Å². The number of carbonyl (C=O) groups is 1. The highest BCUT2D eigenvalue weighted by Crippen LogP contribution is 2.50. The Hall–Kier alpha value is -3.63. The van der Waals surface area contributed by atoms with Gasteiger partial charge in [0.2, 0.25) is 5.60 Å². The second kappa shape index (κ2) is 8.21. The Balaban J connectivity index is 1.66. The van der Waals surface area contributed by atoms with Crippen LogP contribution in [0.25, 0.3) is 0 Å². The molecular formula is C26H24N2O6S2. The summed E-state index contributed by atoms with van der Waals surface area (Å²) in [6.45, 7) is 3.60. The van der Waals surface area contributed by atoms with Gasteiger partial charge in [0, 0.05) is 19.0 Å². The van der Waals surface area contributed by atoms with E-state index in [2.05, 4.69) is 0 Å². The molecule has 36 heavy (non-hydrogen) atoms. The lowest BCUT2D eigenvalue weighted by Crippen LogP contribution is -2.41. The number of benzene rings is 3. The molecule has 1 unspecified atom stereocenters. The second-order valence-corrected chi connectivity index (χ2v) is 12.8. The van der Waals surface area contributed by atoms with Crippen molar-refractivity contribution in [3.8, 4) is 0 Å². The molecule has 0 fully saturated rings. The highest BCUT2D eigenvalue weighted by Gasteiger charge is 2.57. The Morgan fingerprint density at radius 2 is 1.31 bits per heavy atom. The topological polar surface area (TPSA) is 101 Å². The summed E-state index contributed by atoms with van der Waals surface area (Å²) < 4.78 is 61.8. The first-order valence-corrected chi connectivity index (χ1v) is 14.0. The zero-order valence-electron chi connectivity index (χ0n) is 19.9. The molecule has 0 radical (unpaired) electrons. The molecule has 186 valence electrons. The molecule has 2 aliphatic rings. The van der Waals surface area contributed by atoms with Crippen LogP contribution in [0.3, 0.4) is 0 Å². The molecular weight excluding hydrogens is 500 g/mol. The average molecular weight is 525 g/mol. The fourth-order valence-corrected chi connectivity index (χ4v) is 8.28. The van der Waals surface area contributed by atoms with Crippen molar-refractivity contribution >= 4 is 31.6 Å². The van der Waals surface area contributed by atoms with Gasteiger partial charge in [-0.15, -0.1) is 0 Å². The van der Waals surface area contributed by atoms with Crippen molar-refractivity contribution in [3.05, 3.63) is 101 Å². The van der Waals surface area contributed by atoms with Gasteiger partial charge in [0.25, 0.3) is 26.0 Å². The molecule has 0 saturated heterocycles. The Morgan fingerprint density at radius 1 is 0.806 bits per heavy atom. The molecule has 0 bridgehead atoms. The minimum Gasteiger partial charge on any atom is -0.478 e. The number of anilines is 1. The highest BCUT2D eigenvalue weighted by atomic mass is 32.3. The van der Waals surface area contributed by atoms with E-state index in [0.29, 0.717) is 15.0 Å². The number of fused-ring (bicyclic) bond motifs is 2. The quantitative estimate of drug-likeness (QED) is 0.503. The third kappa shape index (κ3) is 3.51. The van der Waals surface area contributed by atoms with Gasteiger partial charge in [0.05, 0.1) is 21.2 Å². The maximum atomic E-state index is 13.9. The van der Waals surface area contributed by atoms with Gasteiger partial charge >= 0.3 is 0 Å². The Bertz CT molecular complexity index is 1540. The van der Waals surface area contributed by atoms with Crippen LogP contribution in [0.4, 0.5) is 5.69 Å². The molecule has 3 aromatic rings. The average Bonchev–Trinajstić information content (AvgIpc) is 3.36. The van der Waals surface area contributed by atoms with E-state index in [1.165, 1.54) is 29.2 Å². The zero-order chi connectivity index (χ0) is 25.9. The summed E-state index contributed by atoms with van der Waals surface area (Å²) in [5, 5.41) is 0. The number of aryl methyl sites for hydroxylation is 2. The molecule has 2 heterocycles. The van der Waals surface area contributed by atoms with E-state index in [1.54, 1.807) is 69.4 Å². The van der Waals surface area contributed by atoms with E-state index in [0.717, 1.165) is 17.4 Å². The first-order valence-electron chi connectivity index (χ1n) is 11.2. The summed E-state index contributed by atoms with van der Waals surface area (Å²) in [6, 6.07) is 18.8. The third-order valence-corrected chi connectivity index (χ3v) is 10.7. The largest absolute Gasteiger partial charge is 0.478 e. The lowest BCUT2D eigenvalue weighted by molar-refractivity contribution is -0.134. The predicted octanol–water partition coefficient (Wildman–Crippen LogP) is 3.82. The lowest BCUT2D eigenvalue weighted by atomic mass is 9.92. The van der Waals surface area contributed by atoms with Gasteiger partial charge in [0.1, 0.15) is 6.26 Å². The van der Waals surface area contributed by atoms with Crippen molar-refractivity contribution in [2.75, 3.05) is 11.9 Å². The van der Waals surface area contributed by atoms with Crippen LogP contribution in [-0.4, -0.2) is 33.5 Å². The van der Waals surface area contributed by atoms with E-state index in [-0.39, 0.29) is 21.9 Å². The Kier molecular flexibility index (Phi) is 5.49. The predicted molar refractivity (Wildman–Crippen MR) is 134 cm³/mol. The lowest BCUT2D eigenvalue weighted by Gasteiger charge is -2.26. The summed E-state index contributed by atoms with van der Waals surface area (Å²) >= 11 is 0. The number of likely N-dealkylation sites (N-methyl/N-ethyl adjacent to an activating group) is 1. The Morgan fingerprint density at radius 3 is 1.83 bits per heavy atom. The number of carbonyl (C=O) groups excluding carboxylic acids is 1. The molecule has 0 aromatic heterocycles. The van der Waals surface area contributed by atoms with Crippen LogP contribution < -0.4 is 4.90 Å². The van der Waals surface area contributed by atoms with Crippen LogP contribution in [0.5, 0.6) is 0 Å². The molecule has 1 atom stereocenters. The fraction of sp³-hybridized carbons (Fsp3) is 0.192. The SMILES string of the molecule is Cc1ccc(S(=O)(=O)N(C2=COC3(C2)C(=O)N(C)c2ccccc23)S(=O)(=O)c2ccc(C)cc2)cc1. The molecule has 5 rings (SSSR count). The van der Waals surface area contributed by atoms with Crippen molar-refractivity contribution in [3.63, 3.8) is 0 Å². The maximum absolute atomic E-state index is 13.9. The minimum atomic E-state index is -4.60.